The molecule has 0 N–H and O–H groups in total. The standard InChI is InChI=1S/C14H17BrCl2O/c15-12(6-5-11-3-1-2-8-18-11)10-4-7-13(16)14(17)9-10/h4,7,9,11-12H,1-3,5-6,8H2. The minimum absolute atomic E-state index is 0.317. The molecule has 0 saturated carbocycles. The van der Waals surface area contributed by atoms with Gasteiger partial charge in [-0.15, -0.1) is 0 Å². The number of alkyl halides is 1. The molecule has 0 amide bonds. The van der Waals surface area contributed by atoms with E-state index in [-0.39, 0.29) is 0 Å². The van der Waals surface area contributed by atoms with Crippen molar-refractivity contribution >= 4 is 39.1 Å². The second-order valence-electron chi connectivity index (χ2n) is 4.71. The van der Waals surface area contributed by atoms with Crippen LogP contribution in [-0.4, -0.2) is 12.7 Å². The number of benzene rings is 1. The summed E-state index contributed by atoms with van der Waals surface area (Å²) in [6.45, 7) is 0.921. The highest BCUT2D eigenvalue weighted by molar-refractivity contribution is 9.09. The third-order valence-electron chi connectivity index (χ3n) is 3.32. The molecule has 2 unspecified atom stereocenters. The maximum Gasteiger partial charge on any atom is 0.0595 e. The zero-order valence-corrected chi connectivity index (χ0v) is 13.3. The predicted octanol–water partition coefficient (Wildman–Crippen LogP) is 5.78. The van der Waals surface area contributed by atoms with Gasteiger partial charge in [-0.2, -0.15) is 0 Å². The van der Waals surface area contributed by atoms with Crippen molar-refractivity contribution in [1.29, 1.82) is 0 Å². The van der Waals surface area contributed by atoms with E-state index in [1.54, 1.807) is 0 Å². The van der Waals surface area contributed by atoms with E-state index in [4.69, 9.17) is 27.9 Å². The highest BCUT2D eigenvalue weighted by atomic mass is 79.9. The quantitative estimate of drug-likeness (QED) is 0.625. The molecule has 0 aliphatic carbocycles. The smallest absolute Gasteiger partial charge is 0.0595 e. The van der Waals surface area contributed by atoms with E-state index >= 15 is 0 Å². The van der Waals surface area contributed by atoms with Crippen LogP contribution in [0.4, 0.5) is 0 Å². The Morgan fingerprint density at radius 1 is 1.28 bits per heavy atom. The Morgan fingerprint density at radius 2 is 2.11 bits per heavy atom. The number of hydrogen-bond acceptors (Lipinski definition) is 1. The second-order valence-corrected chi connectivity index (χ2v) is 6.63. The number of hydrogen-bond donors (Lipinski definition) is 0. The number of halogens is 3. The Labute approximate surface area is 127 Å². The molecular weight excluding hydrogens is 335 g/mol. The molecule has 0 bridgehead atoms. The Balaban J connectivity index is 1.86. The molecule has 2 atom stereocenters. The molecule has 4 heteroatoms. The van der Waals surface area contributed by atoms with Gasteiger partial charge in [0.05, 0.1) is 16.1 Å². The molecule has 18 heavy (non-hydrogen) atoms. The lowest BCUT2D eigenvalue weighted by atomic mass is 10.0. The molecule has 2 rings (SSSR count). The SMILES string of the molecule is Clc1ccc(C(Br)CCC2CCCCO2)cc1Cl. The monoisotopic (exact) mass is 350 g/mol. The van der Waals surface area contributed by atoms with Crippen LogP contribution in [0.1, 0.15) is 42.5 Å². The summed E-state index contributed by atoms with van der Waals surface area (Å²) in [5.74, 6) is 0. The van der Waals surface area contributed by atoms with Crippen LogP contribution in [0.5, 0.6) is 0 Å². The van der Waals surface area contributed by atoms with Gasteiger partial charge in [-0.3, -0.25) is 0 Å². The van der Waals surface area contributed by atoms with Crippen molar-refractivity contribution in [2.45, 2.75) is 43.0 Å². The van der Waals surface area contributed by atoms with E-state index in [2.05, 4.69) is 15.9 Å². The largest absolute Gasteiger partial charge is 0.378 e. The summed E-state index contributed by atoms with van der Waals surface area (Å²) in [6, 6.07) is 5.81. The molecule has 1 nitrogen and oxygen atoms in total. The van der Waals surface area contributed by atoms with Crippen LogP contribution in [0.25, 0.3) is 0 Å². The Hall–Kier alpha value is 0.240. The van der Waals surface area contributed by atoms with Crippen molar-refractivity contribution in [2.75, 3.05) is 6.61 Å². The van der Waals surface area contributed by atoms with Crippen LogP contribution < -0.4 is 0 Å². The molecule has 0 spiro atoms. The average Bonchev–Trinajstić information content (AvgIpc) is 2.40. The summed E-state index contributed by atoms with van der Waals surface area (Å²) in [5, 5.41) is 1.23. The lowest BCUT2D eigenvalue weighted by Crippen LogP contribution is -2.19. The minimum Gasteiger partial charge on any atom is -0.378 e. The average molecular weight is 352 g/mol. The molecular formula is C14H17BrCl2O. The second kappa shape index (κ2) is 7.14. The van der Waals surface area contributed by atoms with Gasteiger partial charge in [0.15, 0.2) is 0 Å². The molecule has 1 aliphatic heterocycles. The van der Waals surface area contributed by atoms with Crippen LogP contribution in [0, 0.1) is 0 Å². The topological polar surface area (TPSA) is 9.23 Å². The summed E-state index contributed by atoms with van der Waals surface area (Å²) < 4.78 is 5.74. The van der Waals surface area contributed by atoms with Crippen molar-refractivity contribution in [3.05, 3.63) is 33.8 Å². The first kappa shape index (κ1) is 14.6. The van der Waals surface area contributed by atoms with Gasteiger partial charge in [-0.1, -0.05) is 45.2 Å². The zero-order chi connectivity index (χ0) is 13.0. The third-order valence-corrected chi connectivity index (χ3v) is 5.05. The molecule has 1 fully saturated rings. The Morgan fingerprint density at radius 3 is 2.78 bits per heavy atom. The third kappa shape index (κ3) is 4.12. The van der Waals surface area contributed by atoms with Gasteiger partial charge in [0.25, 0.3) is 0 Å². The summed E-state index contributed by atoms with van der Waals surface area (Å²) in [7, 11) is 0. The van der Waals surface area contributed by atoms with Gasteiger partial charge in [0.2, 0.25) is 0 Å². The molecule has 1 aliphatic rings. The van der Waals surface area contributed by atoms with E-state index < -0.39 is 0 Å². The van der Waals surface area contributed by atoms with E-state index in [9.17, 15) is 0 Å². The molecule has 100 valence electrons. The van der Waals surface area contributed by atoms with Crippen LogP contribution in [0.2, 0.25) is 10.0 Å². The first-order valence-electron chi connectivity index (χ1n) is 6.37. The van der Waals surface area contributed by atoms with Crippen molar-refractivity contribution in [1.82, 2.24) is 0 Å². The molecule has 0 radical (unpaired) electrons. The first-order valence-corrected chi connectivity index (χ1v) is 8.04. The zero-order valence-electron chi connectivity index (χ0n) is 10.2. The summed E-state index contributed by atoms with van der Waals surface area (Å²) in [4.78, 5) is 0.317. The highest BCUT2D eigenvalue weighted by Gasteiger charge is 2.16. The van der Waals surface area contributed by atoms with Gasteiger partial charge in [0.1, 0.15) is 0 Å². The lowest BCUT2D eigenvalue weighted by Gasteiger charge is -2.23. The van der Waals surface area contributed by atoms with Gasteiger partial charge >= 0.3 is 0 Å². The Bertz CT molecular complexity index is 391. The van der Waals surface area contributed by atoms with Crippen LogP contribution >= 0.6 is 39.1 Å². The lowest BCUT2D eigenvalue weighted by molar-refractivity contribution is 0.0102. The van der Waals surface area contributed by atoms with Gasteiger partial charge < -0.3 is 4.74 Å². The van der Waals surface area contributed by atoms with Crippen LogP contribution in [0.3, 0.4) is 0 Å². The van der Waals surface area contributed by atoms with Crippen molar-refractivity contribution < 1.29 is 4.74 Å². The number of ether oxygens (including phenoxy) is 1. The first-order chi connectivity index (χ1) is 8.66. The maximum atomic E-state index is 6.03. The molecule has 1 aromatic carbocycles. The maximum absolute atomic E-state index is 6.03. The molecule has 1 aromatic rings. The van der Waals surface area contributed by atoms with E-state index in [0.29, 0.717) is 21.0 Å². The van der Waals surface area contributed by atoms with Gasteiger partial charge in [-0.25, -0.2) is 0 Å². The summed E-state index contributed by atoms with van der Waals surface area (Å²) in [5.41, 5.74) is 1.18. The Kier molecular flexibility index (Phi) is 5.81. The fourth-order valence-electron chi connectivity index (χ4n) is 2.24. The highest BCUT2D eigenvalue weighted by Crippen LogP contribution is 2.33. The van der Waals surface area contributed by atoms with E-state index in [0.717, 1.165) is 19.4 Å². The fourth-order valence-corrected chi connectivity index (χ4v) is 3.10. The summed E-state index contributed by atoms with van der Waals surface area (Å²) >= 11 is 15.7. The predicted molar refractivity (Wildman–Crippen MR) is 81.0 cm³/mol. The van der Waals surface area contributed by atoms with Gasteiger partial charge in [-0.05, 0) is 49.8 Å². The van der Waals surface area contributed by atoms with Gasteiger partial charge in [0, 0.05) is 11.4 Å². The van der Waals surface area contributed by atoms with E-state index in [1.807, 2.05) is 18.2 Å². The van der Waals surface area contributed by atoms with Crippen molar-refractivity contribution in [3.8, 4) is 0 Å². The molecule has 1 saturated heterocycles. The van der Waals surface area contributed by atoms with Crippen molar-refractivity contribution in [2.24, 2.45) is 0 Å². The normalized spacial score (nSPS) is 21.8. The number of rotatable bonds is 4. The minimum atomic E-state index is 0.317. The summed E-state index contributed by atoms with van der Waals surface area (Å²) in [6.07, 6.45) is 6.28. The van der Waals surface area contributed by atoms with Crippen LogP contribution in [-0.2, 0) is 4.74 Å². The molecule has 0 aromatic heterocycles. The fraction of sp³-hybridized carbons (Fsp3) is 0.571. The van der Waals surface area contributed by atoms with E-state index in [1.165, 1.54) is 24.8 Å². The molecule has 1 heterocycles. The van der Waals surface area contributed by atoms with Crippen molar-refractivity contribution in [3.63, 3.8) is 0 Å². The van der Waals surface area contributed by atoms with Crippen LogP contribution in [0.15, 0.2) is 18.2 Å².